The van der Waals surface area contributed by atoms with Gasteiger partial charge in [0.15, 0.2) is 0 Å². The van der Waals surface area contributed by atoms with E-state index in [2.05, 4.69) is 10.2 Å². The lowest BCUT2D eigenvalue weighted by atomic mass is 10.0. The molecule has 2 aliphatic rings. The number of nitrogens with zero attached hydrogens (tertiary/aromatic N) is 3. The summed E-state index contributed by atoms with van der Waals surface area (Å²) in [6.07, 6.45) is 8.11. The molecule has 22 heavy (non-hydrogen) atoms. The van der Waals surface area contributed by atoms with Crippen LogP contribution in [-0.2, 0) is 7.05 Å². The van der Waals surface area contributed by atoms with Gasteiger partial charge < -0.3 is 10.3 Å². The molecular formula is C16H21N5O. The number of fused-ring (bicyclic) bond motifs is 1. The van der Waals surface area contributed by atoms with Crippen LogP contribution in [0.3, 0.4) is 0 Å². The first kappa shape index (κ1) is 13.5. The fourth-order valence-corrected chi connectivity index (χ4v) is 4.51. The van der Waals surface area contributed by atoms with Gasteiger partial charge in [-0.1, -0.05) is 19.3 Å². The number of nitrogens with two attached hydrogens (primary N) is 1. The van der Waals surface area contributed by atoms with Crippen molar-refractivity contribution in [2.24, 2.45) is 24.6 Å². The Hall–Kier alpha value is -2.11. The smallest absolute Gasteiger partial charge is 0.267 e. The third kappa shape index (κ3) is 1.97. The molecule has 0 radical (unpaired) electrons. The Balaban J connectivity index is 1.75. The molecule has 2 aromatic heterocycles. The van der Waals surface area contributed by atoms with Crippen LogP contribution in [0.15, 0.2) is 12.3 Å². The van der Waals surface area contributed by atoms with Crippen LogP contribution in [0, 0.1) is 11.8 Å². The van der Waals surface area contributed by atoms with Gasteiger partial charge in [-0.15, -0.1) is 0 Å². The molecular weight excluding hydrogens is 278 g/mol. The number of nitrogens with one attached hydrogen (secondary N) is 1. The third-order valence-electron chi connectivity index (χ3n) is 5.48. The number of aromatic nitrogens is 4. The highest BCUT2D eigenvalue weighted by atomic mass is 16.1. The highest BCUT2D eigenvalue weighted by molar-refractivity contribution is 5.97. The fourth-order valence-electron chi connectivity index (χ4n) is 4.51. The van der Waals surface area contributed by atoms with Gasteiger partial charge in [0.1, 0.15) is 17.2 Å². The Bertz CT molecular complexity index is 690. The van der Waals surface area contributed by atoms with Crippen molar-refractivity contribution < 1.29 is 4.79 Å². The summed E-state index contributed by atoms with van der Waals surface area (Å²) in [5.74, 6) is 2.68. The van der Waals surface area contributed by atoms with E-state index in [4.69, 9.17) is 10.7 Å². The summed E-state index contributed by atoms with van der Waals surface area (Å²) in [5, 5.41) is 6.84. The number of rotatable bonds is 3. The lowest BCUT2D eigenvalue weighted by Gasteiger charge is -2.11. The van der Waals surface area contributed by atoms with Crippen LogP contribution in [0.5, 0.6) is 0 Å². The van der Waals surface area contributed by atoms with E-state index >= 15 is 0 Å². The van der Waals surface area contributed by atoms with Crippen LogP contribution < -0.4 is 5.73 Å². The number of amides is 1. The van der Waals surface area contributed by atoms with Crippen molar-refractivity contribution in [1.82, 2.24) is 19.7 Å². The Kier molecular flexibility index (Phi) is 3.06. The molecule has 2 aliphatic carbocycles. The zero-order valence-electron chi connectivity index (χ0n) is 12.7. The van der Waals surface area contributed by atoms with Crippen molar-refractivity contribution in [3.8, 4) is 11.4 Å². The molecule has 2 aromatic rings. The number of imidazole rings is 1. The maximum Gasteiger partial charge on any atom is 0.267 e. The molecule has 2 atom stereocenters. The molecule has 6 nitrogen and oxygen atoms in total. The summed E-state index contributed by atoms with van der Waals surface area (Å²) >= 11 is 0. The number of carbonyl (C=O) groups is 1. The topological polar surface area (TPSA) is 89.6 Å². The second-order valence-corrected chi connectivity index (χ2v) is 6.68. The molecule has 3 N–H and O–H groups in total. The summed E-state index contributed by atoms with van der Waals surface area (Å²) in [7, 11) is 1.90. The summed E-state index contributed by atoms with van der Waals surface area (Å²) < 4.78 is 1.89. The quantitative estimate of drug-likeness (QED) is 0.910. The second-order valence-electron chi connectivity index (χ2n) is 6.68. The summed E-state index contributed by atoms with van der Waals surface area (Å²) in [5.41, 5.74) is 7.43. The van der Waals surface area contributed by atoms with Crippen molar-refractivity contribution in [1.29, 1.82) is 0 Å². The molecule has 0 aliphatic heterocycles. The monoisotopic (exact) mass is 299 g/mol. The van der Waals surface area contributed by atoms with Crippen molar-refractivity contribution in [3.63, 3.8) is 0 Å². The fraction of sp³-hybridized carbons (Fsp3) is 0.562. The number of carbonyl (C=O) groups excluding carboxylic acids is 1. The van der Waals surface area contributed by atoms with Gasteiger partial charge in [0.2, 0.25) is 0 Å². The lowest BCUT2D eigenvalue weighted by Crippen LogP contribution is -2.17. The second kappa shape index (κ2) is 4.97. The van der Waals surface area contributed by atoms with Gasteiger partial charge in [-0.25, -0.2) is 4.98 Å². The average Bonchev–Trinajstić information content (AvgIpc) is 3.20. The minimum absolute atomic E-state index is 0.440. The van der Waals surface area contributed by atoms with Crippen LogP contribution in [0.2, 0.25) is 0 Å². The van der Waals surface area contributed by atoms with Gasteiger partial charge in [0.05, 0.1) is 5.69 Å². The van der Waals surface area contributed by atoms with Gasteiger partial charge in [0.25, 0.3) is 5.91 Å². The Labute approximate surface area is 129 Å². The molecule has 0 aromatic carbocycles. The maximum absolute atomic E-state index is 11.9. The predicted octanol–water partition coefficient (Wildman–Crippen LogP) is 2.20. The van der Waals surface area contributed by atoms with Crippen LogP contribution in [0.1, 0.15) is 54.3 Å². The molecule has 1 amide bonds. The van der Waals surface area contributed by atoms with E-state index in [-0.39, 0.29) is 0 Å². The standard InChI is InChI=1S/C16H21N5O/c1-21-14(15(17)22)13(12-5-6-18-20-12)19-16(21)11-7-9-3-2-4-10(9)8-11/h5-6,9-11H,2-4,7-8H2,1H3,(H2,17,22)(H,18,20). The van der Waals surface area contributed by atoms with E-state index in [1.54, 1.807) is 6.20 Å². The minimum Gasteiger partial charge on any atom is -0.364 e. The Morgan fingerprint density at radius 1 is 1.36 bits per heavy atom. The molecule has 6 heteroatoms. The van der Waals surface area contributed by atoms with E-state index < -0.39 is 5.91 Å². The number of primary amides is 1. The van der Waals surface area contributed by atoms with Gasteiger partial charge in [0, 0.05) is 19.2 Å². The van der Waals surface area contributed by atoms with Crippen molar-refractivity contribution in [3.05, 3.63) is 23.8 Å². The lowest BCUT2D eigenvalue weighted by molar-refractivity contribution is 0.0993. The van der Waals surface area contributed by atoms with Crippen molar-refractivity contribution in [2.45, 2.75) is 38.0 Å². The van der Waals surface area contributed by atoms with Gasteiger partial charge in [-0.2, -0.15) is 5.10 Å². The minimum atomic E-state index is -0.441. The first-order chi connectivity index (χ1) is 10.6. The third-order valence-corrected chi connectivity index (χ3v) is 5.48. The van der Waals surface area contributed by atoms with Gasteiger partial charge in [-0.05, 0) is 30.7 Å². The molecule has 0 saturated heterocycles. The Morgan fingerprint density at radius 2 is 2.09 bits per heavy atom. The van der Waals surface area contributed by atoms with Crippen molar-refractivity contribution in [2.75, 3.05) is 0 Å². The zero-order chi connectivity index (χ0) is 15.3. The first-order valence-corrected chi connectivity index (χ1v) is 8.01. The van der Waals surface area contributed by atoms with Crippen LogP contribution in [0.4, 0.5) is 0 Å². The molecule has 2 heterocycles. The molecule has 2 fully saturated rings. The molecule has 0 bridgehead atoms. The molecule has 4 rings (SSSR count). The SMILES string of the molecule is Cn1c(C2CC3CCCC3C2)nc(-c2ccn[nH]2)c1C(N)=O. The van der Waals surface area contributed by atoms with Crippen molar-refractivity contribution >= 4 is 5.91 Å². The zero-order valence-corrected chi connectivity index (χ0v) is 12.7. The van der Waals surface area contributed by atoms with E-state index in [9.17, 15) is 4.79 Å². The van der Waals surface area contributed by atoms with E-state index in [1.807, 2.05) is 17.7 Å². The number of hydrogen-bond acceptors (Lipinski definition) is 3. The summed E-state index contributed by atoms with van der Waals surface area (Å²) in [6.45, 7) is 0. The highest BCUT2D eigenvalue weighted by Gasteiger charge is 2.40. The van der Waals surface area contributed by atoms with Crippen LogP contribution >= 0.6 is 0 Å². The van der Waals surface area contributed by atoms with E-state index in [1.165, 1.54) is 32.1 Å². The Morgan fingerprint density at radius 3 is 2.68 bits per heavy atom. The number of H-pyrrole nitrogens is 1. The molecule has 2 saturated carbocycles. The normalized spacial score (nSPS) is 27.2. The average molecular weight is 299 g/mol. The number of hydrogen-bond donors (Lipinski definition) is 2. The molecule has 2 unspecified atom stereocenters. The maximum atomic E-state index is 11.9. The highest BCUT2D eigenvalue weighted by Crippen LogP contribution is 2.50. The first-order valence-electron chi connectivity index (χ1n) is 8.01. The largest absolute Gasteiger partial charge is 0.364 e. The summed E-state index contributed by atoms with van der Waals surface area (Å²) in [4.78, 5) is 16.7. The van der Waals surface area contributed by atoms with Crippen LogP contribution in [-0.4, -0.2) is 25.7 Å². The number of aromatic amines is 1. The van der Waals surface area contributed by atoms with Gasteiger partial charge >= 0.3 is 0 Å². The molecule has 116 valence electrons. The van der Waals surface area contributed by atoms with E-state index in [0.717, 1.165) is 23.4 Å². The summed E-state index contributed by atoms with van der Waals surface area (Å²) in [6, 6.07) is 1.82. The van der Waals surface area contributed by atoms with E-state index in [0.29, 0.717) is 17.3 Å². The van der Waals surface area contributed by atoms with Gasteiger partial charge in [-0.3, -0.25) is 9.89 Å². The molecule has 0 spiro atoms. The predicted molar refractivity (Wildman–Crippen MR) is 82.1 cm³/mol. The van der Waals surface area contributed by atoms with Crippen LogP contribution in [0.25, 0.3) is 11.4 Å².